The highest BCUT2D eigenvalue weighted by Gasteiger charge is 2.14. The summed E-state index contributed by atoms with van der Waals surface area (Å²) in [7, 11) is 0. The number of carbonyl (C=O) groups excluding carboxylic acids is 1. The summed E-state index contributed by atoms with van der Waals surface area (Å²) in [5.74, 6) is 0.322. The molecule has 1 aromatic carbocycles. The van der Waals surface area contributed by atoms with Crippen molar-refractivity contribution in [2.24, 2.45) is 0 Å². The molecule has 1 amide bonds. The van der Waals surface area contributed by atoms with Crippen LogP contribution in [0, 0.1) is 6.92 Å². The topological polar surface area (TPSA) is 79.9 Å². The zero-order chi connectivity index (χ0) is 13.0. The zero-order valence-electron chi connectivity index (χ0n) is 10.2. The van der Waals surface area contributed by atoms with Gasteiger partial charge in [-0.3, -0.25) is 4.79 Å². The molecule has 6 nitrogen and oxygen atoms in total. The number of aryl methyl sites for hydroxylation is 1. The van der Waals surface area contributed by atoms with Crippen molar-refractivity contribution in [3.63, 3.8) is 0 Å². The number of amides is 1. The smallest absolute Gasteiger partial charge is 0.278 e. The van der Waals surface area contributed by atoms with Gasteiger partial charge in [-0.15, -0.1) is 0 Å². The summed E-state index contributed by atoms with van der Waals surface area (Å²) in [6.45, 7) is 4.14. The summed E-state index contributed by atoms with van der Waals surface area (Å²) < 4.78 is 5.43. The van der Waals surface area contributed by atoms with E-state index in [1.807, 2.05) is 19.1 Å². The Morgan fingerprint density at radius 3 is 2.83 bits per heavy atom. The fourth-order valence-electron chi connectivity index (χ4n) is 1.53. The molecule has 0 aliphatic rings. The van der Waals surface area contributed by atoms with Gasteiger partial charge in [0.1, 0.15) is 5.75 Å². The Morgan fingerprint density at radius 1 is 1.39 bits per heavy atom. The van der Waals surface area contributed by atoms with Gasteiger partial charge in [-0.2, -0.15) is 15.4 Å². The monoisotopic (exact) mass is 246 g/mol. The van der Waals surface area contributed by atoms with Crippen LogP contribution in [-0.2, 0) is 0 Å². The first-order valence-electron chi connectivity index (χ1n) is 5.63. The van der Waals surface area contributed by atoms with E-state index in [-0.39, 0.29) is 11.6 Å². The summed E-state index contributed by atoms with van der Waals surface area (Å²) in [6, 6.07) is 7.25. The first-order valence-corrected chi connectivity index (χ1v) is 5.63. The molecule has 0 unspecified atom stereocenters. The fourth-order valence-corrected chi connectivity index (χ4v) is 1.53. The zero-order valence-corrected chi connectivity index (χ0v) is 10.2. The van der Waals surface area contributed by atoms with E-state index in [1.54, 1.807) is 19.1 Å². The largest absolute Gasteiger partial charge is 0.492 e. The van der Waals surface area contributed by atoms with Gasteiger partial charge in [-0.25, -0.2) is 0 Å². The van der Waals surface area contributed by atoms with E-state index < -0.39 is 0 Å². The van der Waals surface area contributed by atoms with Crippen molar-refractivity contribution in [2.75, 3.05) is 11.9 Å². The number of hydrogen-bond acceptors (Lipinski definition) is 4. The molecular weight excluding hydrogens is 232 g/mol. The van der Waals surface area contributed by atoms with E-state index in [1.165, 1.54) is 0 Å². The Bertz CT molecular complexity index is 551. The molecular formula is C12H14N4O2. The molecule has 0 atom stereocenters. The molecule has 1 heterocycles. The highest BCUT2D eigenvalue weighted by molar-refractivity contribution is 6.04. The molecule has 0 radical (unpaired) electrons. The standard InChI is InChI=1S/C12H14N4O2/c1-3-18-10-7-5-4-6-9(10)13-12(17)11-8(2)14-16-15-11/h4-7H,3H2,1-2H3,(H,13,17)(H,14,15,16). The van der Waals surface area contributed by atoms with Crippen LogP contribution in [0.25, 0.3) is 0 Å². The van der Waals surface area contributed by atoms with Gasteiger partial charge in [0.2, 0.25) is 0 Å². The maximum atomic E-state index is 12.0. The molecule has 0 saturated heterocycles. The van der Waals surface area contributed by atoms with Crippen molar-refractivity contribution >= 4 is 11.6 Å². The van der Waals surface area contributed by atoms with E-state index in [9.17, 15) is 4.79 Å². The number of benzene rings is 1. The predicted molar refractivity (Wildman–Crippen MR) is 66.7 cm³/mol. The minimum Gasteiger partial charge on any atom is -0.492 e. The second kappa shape index (κ2) is 5.31. The number of nitrogens with zero attached hydrogens (tertiary/aromatic N) is 2. The van der Waals surface area contributed by atoms with E-state index >= 15 is 0 Å². The van der Waals surface area contributed by atoms with Gasteiger partial charge in [0, 0.05) is 0 Å². The maximum absolute atomic E-state index is 12.0. The van der Waals surface area contributed by atoms with Crippen molar-refractivity contribution in [3.05, 3.63) is 35.7 Å². The third-order valence-electron chi connectivity index (χ3n) is 2.37. The molecule has 2 aromatic rings. The predicted octanol–water partition coefficient (Wildman–Crippen LogP) is 1.76. The van der Waals surface area contributed by atoms with Gasteiger partial charge in [0.15, 0.2) is 5.69 Å². The lowest BCUT2D eigenvalue weighted by atomic mass is 10.2. The average Bonchev–Trinajstić information content (AvgIpc) is 2.78. The molecule has 0 spiro atoms. The van der Waals surface area contributed by atoms with Crippen LogP contribution in [0.3, 0.4) is 0 Å². The number of ether oxygens (including phenoxy) is 1. The maximum Gasteiger partial charge on any atom is 0.278 e. The summed E-state index contributed by atoms with van der Waals surface area (Å²) in [5, 5.41) is 12.8. The van der Waals surface area contributed by atoms with Crippen LogP contribution in [0.15, 0.2) is 24.3 Å². The van der Waals surface area contributed by atoms with E-state index in [4.69, 9.17) is 4.74 Å². The van der Waals surface area contributed by atoms with Crippen LogP contribution in [0.1, 0.15) is 23.1 Å². The summed E-state index contributed by atoms with van der Waals surface area (Å²) >= 11 is 0. The van der Waals surface area contributed by atoms with Gasteiger partial charge in [0.25, 0.3) is 5.91 Å². The lowest BCUT2D eigenvalue weighted by Crippen LogP contribution is -2.14. The third kappa shape index (κ3) is 2.48. The Kier molecular flexibility index (Phi) is 3.57. The number of rotatable bonds is 4. The number of H-pyrrole nitrogens is 1. The number of aromatic amines is 1. The molecule has 0 bridgehead atoms. The lowest BCUT2D eigenvalue weighted by Gasteiger charge is -2.10. The quantitative estimate of drug-likeness (QED) is 0.861. The van der Waals surface area contributed by atoms with Crippen molar-refractivity contribution in [1.29, 1.82) is 0 Å². The molecule has 0 fully saturated rings. The highest BCUT2D eigenvalue weighted by atomic mass is 16.5. The molecule has 0 aliphatic carbocycles. The molecule has 1 aromatic heterocycles. The van der Waals surface area contributed by atoms with Gasteiger partial charge in [-0.1, -0.05) is 12.1 Å². The van der Waals surface area contributed by atoms with Gasteiger partial charge >= 0.3 is 0 Å². The number of nitrogens with one attached hydrogen (secondary N) is 2. The molecule has 6 heteroatoms. The van der Waals surface area contributed by atoms with Gasteiger partial charge in [0.05, 0.1) is 18.0 Å². The minimum absolute atomic E-state index is 0.279. The first-order chi connectivity index (χ1) is 8.72. The van der Waals surface area contributed by atoms with Crippen molar-refractivity contribution in [1.82, 2.24) is 15.4 Å². The Labute approximate surface area is 104 Å². The van der Waals surface area contributed by atoms with Crippen molar-refractivity contribution < 1.29 is 9.53 Å². The third-order valence-corrected chi connectivity index (χ3v) is 2.37. The summed E-state index contributed by atoms with van der Waals surface area (Å²) in [5.41, 5.74) is 1.45. The van der Waals surface area contributed by atoms with Crippen LogP contribution in [0.4, 0.5) is 5.69 Å². The van der Waals surface area contributed by atoms with Crippen molar-refractivity contribution in [2.45, 2.75) is 13.8 Å². The second-order valence-electron chi connectivity index (χ2n) is 3.64. The van der Waals surface area contributed by atoms with Crippen molar-refractivity contribution in [3.8, 4) is 5.75 Å². The fraction of sp³-hybridized carbons (Fsp3) is 0.250. The molecule has 94 valence electrons. The second-order valence-corrected chi connectivity index (χ2v) is 3.64. The molecule has 18 heavy (non-hydrogen) atoms. The summed E-state index contributed by atoms with van der Waals surface area (Å²) in [4.78, 5) is 12.0. The number of anilines is 1. The Balaban J connectivity index is 2.19. The normalized spacial score (nSPS) is 10.1. The number of carbonyl (C=O) groups is 1. The minimum atomic E-state index is -0.312. The number of aromatic nitrogens is 3. The van der Waals surface area contributed by atoms with Crippen LogP contribution in [0.2, 0.25) is 0 Å². The number of hydrogen-bond donors (Lipinski definition) is 2. The SMILES string of the molecule is CCOc1ccccc1NC(=O)c1n[nH]nc1C. The van der Waals surface area contributed by atoms with Crippen LogP contribution < -0.4 is 10.1 Å². The summed E-state index contributed by atoms with van der Waals surface area (Å²) in [6.07, 6.45) is 0. The van der Waals surface area contributed by atoms with Gasteiger partial charge < -0.3 is 10.1 Å². The van der Waals surface area contributed by atoms with E-state index in [2.05, 4.69) is 20.7 Å². The first kappa shape index (κ1) is 12.1. The van der Waals surface area contributed by atoms with Gasteiger partial charge in [-0.05, 0) is 26.0 Å². The lowest BCUT2D eigenvalue weighted by molar-refractivity contribution is 0.102. The average molecular weight is 246 g/mol. The van der Waals surface area contributed by atoms with E-state index in [0.717, 1.165) is 0 Å². The van der Waals surface area contributed by atoms with Crippen LogP contribution in [-0.4, -0.2) is 27.9 Å². The molecule has 2 N–H and O–H groups in total. The van der Waals surface area contributed by atoms with Crippen LogP contribution >= 0.6 is 0 Å². The number of para-hydroxylation sites is 2. The Hall–Kier alpha value is -2.37. The Morgan fingerprint density at radius 2 is 2.17 bits per heavy atom. The van der Waals surface area contributed by atoms with Crippen LogP contribution in [0.5, 0.6) is 5.75 Å². The molecule has 0 aliphatic heterocycles. The molecule has 0 saturated carbocycles. The van der Waals surface area contributed by atoms with E-state index in [0.29, 0.717) is 23.7 Å². The highest BCUT2D eigenvalue weighted by Crippen LogP contribution is 2.24. The molecule has 2 rings (SSSR count).